The van der Waals surface area contributed by atoms with Gasteiger partial charge in [-0.2, -0.15) is 0 Å². The number of ether oxygens (including phenoxy) is 1. The Balaban J connectivity index is 1.70. The average Bonchev–Trinajstić information content (AvgIpc) is 2.64. The molecule has 130 valence electrons. The number of esters is 1. The smallest absolute Gasteiger partial charge is 0.343 e. The topological polar surface area (TPSA) is 66.8 Å². The van der Waals surface area contributed by atoms with Crippen LogP contribution >= 0.6 is 0 Å². The lowest BCUT2D eigenvalue weighted by atomic mass is 10.0. The Bertz CT molecular complexity index is 921. The van der Waals surface area contributed by atoms with Gasteiger partial charge in [-0.05, 0) is 72.2 Å². The predicted molar refractivity (Wildman–Crippen MR) is 101 cm³/mol. The summed E-state index contributed by atoms with van der Waals surface area (Å²) < 4.78 is 5.33. The monoisotopic (exact) mass is 346 g/mol. The molecule has 0 saturated carbocycles. The van der Waals surface area contributed by atoms with Gasteiger partial charge in [0.2, 0.25) is 0 Å². The molecular formula is C22H18O4. The second-order valence-electron chi connectivity index (χ2n) is 5.88. The van der Waals surface area contributed by atoms with Gasteiger partial charge in [0.15, 0.2) is 0 Å². The number of hydrogen-bond acceptors (Lipinski definition) is 4. The molecule has 0 aliphatic carbocycles. The summed E-state index contributed by atoms with van der Waals surface area (Å²) in [6.07, 6.45) is 2.01. The molecule has 0 radical (unpaired) electrons. The lowest BCUT2D eigenvalue weighted by Crippen LogP contribution is -2.07. The highest BCUT2D eigenvalue weighted by molar-refractivity contribution is 5.91. The quantitative estimate of drug-likeness (QED) is 0.401. The third-order valence-corrected chi connectivity index (χ3v) is 3.90. The van der Waals surface area contributed by atoms with Crippen LogP contribution < -0.4 is 4.74 Å². The van der Waals surface area contributed by atoms with Gasteiger partial charge in [-0.25, -0.2) is 4.79 Å². The van der Waals surface area contributed by atoms with Crippen LogP contribution in [-0.2, 0) is 0 Å². The summed E-state index contributed by atoms with van der Waals surface area (Å²) in [4.78, 5) is 12.1. The van der Waals surface area contributed by atoms with Crippen molar-refractivity contribution in [1.82, 2.24) is 0 Å². The van der Waals surface area contributed by atoms with E-state index in [0.29, 0.717) is 11.3 Å². The summed E-state index contributed by atoms with van der Waals surface area (Å²) in [5.74, 6) is 0.305. The van der Waals surface area contributed by atoms with Crippen LogP contribution in [0, 0.1) is 0 Å². The van der Waals surface area contributed by atoms with Crippen LogP contribution in [-0.4, -0.2) is 16.2 Å². The molecule has 3 rings (SSSR count). The molecule has 4 nitrogen and oxygen atoms in total. The Morgan fingerprint density at radius 3 is 1.81 bits per heavy atom. The Morgan fingerprint density at radius 2 is 1.27 bits per heavy atom. The van der Waals surface area contributed by atoms with Crippen LogP contribution in [0.4, 0.5) is 0 Å². The largest absolute Gasteiger partial charge is 0.508 e. The van der Waals surface area contributed by atoms with Gasteiger partial charge in [0.05, 0.1) is 5.56 Å². The van der Waals surface area contributed by atoms with Gasteiger partial charge in [-0.3, -0.25) is 0 Å². The summed E-state index contributed by atoms with van der Waals surface area (Å²) in [7, 11) is 0. The van der Waals surface area contributed by atoms with Crippen molar-refractivity contribution in [2.45, 2.75) is 6.92 Å². The Labute approximate surface area is 151 Å². The predicted octanol–water partition coefficient (Wildman–Crippen LogP) is 4.88. The molecule has 3 aromatic carbocycles. The summed E-state index contributed by atoms with van der Waals surface area (Å²) in [6.45, 7) is 1.99. The Kier molecular flexibility index (Phi) is 5.04. The number of phenols is 2. The Hall–Kier alpha value is -3.53. The van der Waals surface area contributed by atoms with E-state index in [-0.39, 0.29) is 11.5 Å². The zero-order chi connectivity index (χ0) is 18.5. The van der Waals surface area contributed by atoms with Gasteiger partial charge >= 0.3 is 5.97 Å². The number of aromatic hydroxyl groups is 2. The minimum atomic E-state index is -0.478. The number of benzene rings is 3. The van der Waals surface area contributed by atoms with Crippen molar-refractivity contribution in [3.63, 3.8) is 0 Å². The molecule has 0 atom stereocenters. The summed E-state index contributed by atoms with van der Waals surface area (Å²) in [6, 6.07) is 20.1. The number of rotatable bonds is 4. The maximum absolute atomic E-state index is 12.1. The fourth-order valence-corrected chi connectivity index (χ4v) is 2.45. The molecule has 0 saturated heterocycles. The molecular weight excluding hydrogens is 328 g/mol. The van der Waals surface area contributed by atoms with Gasteiger partial charge in [0.25, 0.3) is 0 Å². The first-order chi connectivity index (χ1) is 12.5. The highest BCUT2D eigenvalue weighted by atomic mass is 16.5. The van der Waals surface area contributed by atoms with E-state index in [1.165, 1.54) is 24.3 Å². The van der Waals surface area contributed by atoms with Crippen molar-refractivity contribution in [1.29, 1.82) is 0 Å². The first-order valence-corrected chi connectivity index (χ1v) is 8.10. The number of carbonyl (C=O) groups excluding carboxylic acids is 1. The van der Waals surface area contributed by atoms with Gasteiger partial charge in [-0.1, -0.05) is 30.3 Å². The number of hydrogen-bond donors (Lipinski definition) is 2. The summed E-state index contributed by atoms with van der Waals surface area (Å²) in [5, 5.41) is 18.6. The van der Waals surface area contributed by atoms with Crippen molar-refractivity contribution < 1.29 is 19.7 Å². The van der Waals surface area contributed by atoms with Gasteiger partial charge in [0.1, 0.15) is 17.2 Å². The lowest BCUT2D eigenvalue weighted by molar-refractivity contribution is 0.0734. The molecule has 0 unspecified atom stereocenters. The number of carbonyl (C=O) groups is 1. The normalized spacial score (nSPS) is 11.2. The molecule has 0 bridgehead atoms. The first kappa shape index (κ1) is 17.3. The molecule has 0 aromatic heterocycles. The highest BCUT2D eigenvalue weighted by Gasteiger charge is 2.08. The third kappa shape index (κ3) is 4.30. The molecule has 0 spiro atoms. The van der Waals surface area contributed by atoms with E-state index in [2.05, 4.69) is 0 Å². The van der Waals surface area contributed by atoms with E-state index in [9.17, 15) is 15.0 Å². The zero-order valence-corrected chi connectivity index (χ0v) is 14.2. The van der Waals surface area contributed by atoms with E-state index in [1.807, 2.05) is 37.3 Å². The Morgan fingerprint density at radius 1 is 0.769 bits per heavy atom. The molecule has 0 amide bonds. The molecule has 4 heteroatoms. The van der Waals surface area contributed by atoms with Crippen LogP contribution in [0.3, 0.4) is 0 Å². The zero-order valence-electron chi connectivity index (χ0n) is 14.2. The van der Waals surface area contributed by atoms with Crippen molar-refractivity contribution in [2.24, 2.45) is 0 Å². The van der Waals surface area contributed by atoms with Crippen molar-refractivity contribution in [3.05, 3.63) is 89.5 Å². The van der Waals surface area contributed by atoms with Crippen LogP contribution in [0.1, 0.15) is 28.4 Å². The van der Waals surface area contributed by atoms with E-state index in [0.717, 1.165) is 16.7 Å². The van der Waals surface area contributed by atoms with Crippen LogP contribution in [0.5, 0.6) is 17.2 Å². The molecule has 0 aliphatic heterocycles. The minimum absolute atomic E-state index is 0.0988. The third-order valence-electron chi connectivity index (χ3n) is 3.90. The molecule has 0 fully saturated rings. The summed E-state index contributed by atoms with van der Waals surface area (Å²) in [5.41, 5.74) is 3.42. The van der Waals surface area contributed by atoms with Crippen molar-refractivity contribution in [3.8, 4) is 17.2 Å². The maximum atomic E-state index is 12.1. The molecule has 0 aliphatic rings. The molecule has 26 heavy (non-hydrogen) atoms. The van der Waals surface area contributed by atoms with E-state index in [1.54, 1.807) is 24.3 Å². The van der Waals surface area contributed by atoms with Crippen molar-refractivity contribution >= 4 is 17.6 Å². The lowest BCUT2D eigenvalue weighted by Gasteiger charge is -2.06. The molecule has 3 aromatic rings. The van der Waals surface area contributed by atoms with Gasteiger partial charge < -0.3 is 14.9 Å². The SMILES string of the molecule is C/C(=C/c1ccc(OC(=O)c2ccc(O)cc2)cc1)c1ccc(O)cc1. The second-order valence-corrected chi connectivity index (χ2v) is 5.88. The van der Waals surface area contributed by atoms with Crippen LogP contribution in [0.15, 0.2) is 72.8 Å². The highest BCUT2D eigenvalue weighted by Crippen LogP contribution is 2.22. The standard InChI is InChI=1S/C22H18O4/c1-15(17-4-8-19(23)9-5-17)14-16-2-12-21(13-3-16)26-22(25)18-6-10-20(24)11-7-18/h2-14,23-24H,1H3/b15-14-. The fraction of sp³-hybridized carbons (Fsp3) is 0.0455. The maximum Gasteiger partial charge on any atom is 0.343 e. The average molecular weight is 346 g/mol. The second kappa shape index (κ2) is 7.57. The summed E-state index contributed by atoms with van der Waals surface area (Å²) >= 11 is 0. The molecule has 2 N–H and O–H groups in total. The van der Waals surface area contributed by atoms with Crippen LogP contribution in [0.2, 0.25) is 0 Å². The minimum Gasteiger partial charge on any atom is -0.508 e. The van der Waals surface area contributed by atoms with E-state index in [4.69, 9.17) is 4.74 Å². The van der Waals surface area contributed by atoms with Crippen molar-refractivity contribution in [2.75, 3.05) is 0 Å². The number of phenolic OH excluding ortho intramolecular Hbond substituents is 2. The van der Waals surface area contributed by atoms with E-state index < -0.39 is 5.97 Å². The van der Waals surface area contributed by atoms with Gasteiger partial charge in [-0.15, -0.1) is 0 Å². The first-order valence-electron chi connectivity index (χ1n) is 8.10. The van der Waals surface area contributed by atoms with E-state index >= 15 is 0 Å². The van der Waals surface area contributed by atoms with Gasteiger partial charge in [0, 0.05) is 0 Å². The van der Waals surface area contributed by atoms with Crippen LogP contribution in [0.25, 0.3) is 11.6 Å². The molecule has 0 heterocycles. The fourth-order valence-electron chi connectivity index (χ4n) is 2.45. The number of allylic oxidation sites excluding steroid dienone is 1.